The van der Waals surface area contributed by atoms with Crippen molar-refractivity contribution in [2.45, 2.75) is 264 Å². The van der Waals surface area contributed by atoms with E-state index in [1.807, 2.05) is 21.1 Å². The van der Waals surface area contributed by atoms with Gasteiger partial charge in [-0.25, -0.2) is 4.57 Å². The van der Waals surface area contributed by atoms with Gasteiger partial charge in [-0.15, -0.1) is 0 Å². The molecule has 0 aromatic carbocycles. The largest absolute Gasteiger partial charge is 0.472 e. The van der Waals surface area contributed by atoms with E-state index in [9.17, 15) is 19.0 Å². The lowest BCUT2D eigenvalue weighted by molar-refractivity contribution is -0.870. The van der Waals surface area contributed by atoms with E-state index in [0.717, 1.165) is 96.3 Å². The molecule has 0 aromatic rings. The number of carbonyl (C=O) groups excluding carboxylic acids is 2. The van der Waals surface area contributed by atoms with E-state index in [4.69, 9.17) is 18.5 Å². The lowest BCUT2D eigenvalue weighted by Gasteiger charge is -2.24. The Morgan fingerprint density at radius 2 is 0.711 bits per heavy atom. The fourth-order valence-corrected chi connectivity index (χ4v) is 9.15. The van der Waals surface area contributed by atoms with Crippen LogP contribution in [0.4, 0.5) is 0 Å². The van der Waals surface area contributed by atoms with Crippen molar-refractivity contribution >= 4 is 19.8 Å². The molecule has 0 radical (unpaired) electrons. The smallest absolute Gasteiger partial charge is 0.462 e. The predicted octanol–water partition coefficient (Wildman–Crippen LogP) is 19.6. The van der Waals surface area contributed by atoms with Crippen molar-refractivity contribution in [1.82, 2.24) is 0 Å². The Kier molecular flexibility index (Phi) is 54.4. The molecule has 0 aromatic heterocycles. The first-order valence-electron chi connectivity index (χ1n) is 31.0. The Balaban J connectivity index is 4.12. The van der Waals surface area contributed by atoms with Crippen molar-refractivity contribution in [2.75, 3.05) is 47.5 Å². The fourth-order valence-electron chi connectivity index (χ4n) is 8.41. The third kappa shape index (κ3) is 60.2. The SMILES string of the molecule is CC/C=C\C/C=C\C/C=C\C/C=C\CCCCCCCCCCCCCCCCCCC(=O)OC(COC(=O)CCCCCCCCCCCC/C=C\C/C=C\C/C=C\C/C=C\CC)COP(=O)(O)OCC[N+](C)(C)C. The zero-order valence-electron chi connectivity index (χ0n) is 49.7. The molecule has 0 saturated carbocycles. The molecule has 2 unspecified atom stereocenters. The molecule has 76 heavy (non-hydrogen) atoms. The van der Waals surface area contributed by atoms with Crippen molar-refractivity contribution in [3.63, 3.8) is 0 Å². The Bertz CT molecular complexity index is 1600. The van der Waals surface area contributed by atoms with Crippen molar-refractivity contribution < 1.29 is 42.1 Å². The number of phosphoric ester groups is 1. The third-order valence-electron chi connectivity index (χ3n) is 13.1. The number of quaternary nitrogens is 1. The van der Waals surface area contributed by atoms with Gasteiger partial charge in [-0.05, 0) is 89.9 Å². The van der Waals surface area contributed by atoms with Gasteiger partial charge in [0.2, 0.25) is 0 Å². The molecule has 0 fully saturated rings. The summed E-state index contributed by atoms with van der Waals surface area (Å²) in [7, 11) is 1.47. The number of rotatable bonds is 56. The highest BCUT2D eigenvalue weighted by molar-refractivity contribution is 7.47. The minimum atomic E-state index is -4.39. The summed E-state index contributed by atoms with van der Waals surface area (Å²) in [4.78, 5) is 35.8. The Hall–Kier alpha value is -3.07. The number of allylic oxidation sites excluding steroid dienone is 16. The highest BCUT2D eigenvalue weighted by atomic mass is 31.2. The quantitative estimate of drug-likeness (QED) is 0.0211. The zero-order valence-corrected chi connectivity index (χ0v) is 50.6. The first-order chi connectivity index (χ1) is 37.0. The molecule has 0 aliphatic heterocycles. The summed E-state index contributed by atoms with van der Waals surface area (Å²) in [5.74, 6) is -0.800. The Labute approximate surface area is 468 Å². The number of hydrogen-bond acceptors (Lipinski definition) is 7. The highest BCUT2D eigenvalue weighted by Crippen LogP contribution is 2.43. The molecule has 0 amide bonds. The number of likely N-dealkylation sites (N-methyl/N-ethyl adjacent to an activating group) is 1. The van der Waals surface area contributed by atoms with Crippen molar-refractivity contribution in [2.24, 2.45) is 0 Å². The summed E-state index contributed by atoms with van der Waals surface area (Å²) in [6.45, 7) is 4.22. The maximum Gasteiger partial charge on any atom is 0.472 e. The van der Waals surface area contributed by atoms with E-state index in [0.29, 0.717) is 17.4 Å². The van der Waals surface area contributed by atoms with E-state index in [-0.39, 0.29) is 32.0 Å². The van der Waals surface area contributed by atoms with Crippen molar-refractivity contribution in [3.05, 3.63) is 97.2 Å². The van der Waals surface area contributed by atoms with Crippen LogP contribution < -0.4 is 0 Å². The molecule has 0 spiro atoms. The summed E-state index contributed by atoms with van der Waals surface area (Å²) in [6.07, 6.45) is 77.7. The van der Waals surface area contributed by atoms with Crippen LogP contribution in [0.15, 0.2) is 97.2 Å². The van der Waals surface area contributed by atoms with Crippen LogP contribution in [0.3, 0.4) is 0 Å². The van der Waals surface area contributed by atoms with E-state index >= 15 is 0 Å². The molecular weight excluding hydrogens is 966 g/mol. The summed E-state index contributed by atoms with van der Waals surface area (Å²) in [5, 5.41) is 0. The minimum absolute atomic E-state index is 0.0278. The summed E-state index contributed by atoms with van der Waals surface area (Å²) in [6, 6.07) is 0. The lowest BCUT2D eigenvalue weighted by atomic mass is 10.0. The van der Waals surface area contributed by atoms with Crippen molar-refractivity contribution in [1.29, 1.82) is 0 Å². The van der Waals surface area contributed by atoms with Gasteiger partial charge in [0.05, 0.1) is 27.7 Å². The van der Waals surface area contributed by atoms with Gasteiger partial charge < -0.3 is 18.9 Å². The van der Waals surface area contributed by atoms with Crippen molar-refractivity contribution in [3.8, 4) is 0 Å². The Morgan fingerprint density at radius 3 is 1.05 bits per heavy atom. The van der Waals surface area contributed by atoms with Gasteiger partial charge in [-0.1, -0.05) is 252 Å². The monoisotopic (exact) mass is 1080 g/mol. The maximum absolute atomic E-state index is 12.8. The topological polar surface area (TPSA) is 108 Å². The zero-order chi connectivity index (χ0) is 55.6. The summed E-state index contributed by atoms with van der Waals surface area (Å²) >= 11 is 0. The number of esters is 2. The minimum Gasteiger partial charge on any atom is -0.462 e. The molecule has 9 nitrogen and oxygen atoms in total. The standard InChI is InChI=1S/C66H116NO8P/c1-6-8-10-12-14-16-18-20-22-24-26-28-30-31-32-33-34-35-37-39-41-43-45-47-49-51-53-55-57-59-66(69)75-64(63-74-76(70,71)73-61-60-67(3,4)5)62-72-65(68)58-56-54-52-50-48-46-44-42-40-38-36-29-27-25-23-21-19-17-15-13-11-9-7-2/h8-11,14-17,20-23,26-29,64H,6-7,12-13,18-19,24-25,30-63H2,1-5H3/p+1/b10-8-,11-9-,16-14-,17-15-,22-20-,23-21-,28-26-,29-27-. The number of phosphoric acid groups is 1. The average Bonchev–Trinajstić information content (AvgIpc) is 3.38. The molecule has 0 bridgehead atoms. The van der Waals surface area contributed by atoms with Gasteiger partial charge >= 0.3 is 19.8 Å². The second-order valence-corrected chi connectivity index (χ2v) is 23.1. The lowest BCUT2D eigenvalue weighted by Crippen LogP contribution is -2.37. The molecule has 0 aliphatic rings. The molecule has 2 atom stereocenters. The van der Waals surface area contributed by atoms with Crippen LogP contribution in [0.25, 0.3) is 0 Å². The van der Waals surface area contributed by atoms with Crippen LogP contribution in [0, 0.1) is 0 Å². The van der Waals surface area contributed by atoms with Gasteiger partial charge in [0, 0.05) is 12.8 Å². The molecule has 10 heteroatoms. The fraction of sp³-hybridized carbons (Fsp3) is 0.727. The van der Waals surface area contributed by atoms with Gasteiger partial charge in [0.1, 0.15) is 19.8 Å². The molecule has 0 aliphatic carbocycles. The van der Waals surface area contributed by atoms with E-state index in [2.05, 4.69) is 111 Å². The first kappa shape index (κ1) is 72.9. The third-order valence-corrected chi connectivity index (χ3v) is 14.1. The van der Waals surface area contributed by atoms with Crippen LogP contribution in [0.1, 0.15) is 258 Å². The van der Waals surface area contributed by atoms with E-state index in [1.165, 1.54) is 128 Å². The molecule has 0 saturated heterocycles. The summed E-state index contributed by atoms with van der Waals surface area (Å²) in [5.41, 5.74) is 0. The van der Waals surface area contributed by atoms with Crippen LogP contribution in [-0.2, 0) is 32.7 Å². The molecule has 438 valence electrons. The van der Waals surface area contributed by atoms with Crippen LogP contribution in [-0.4, -0.2) is 74.9 Å². The highest BCUT2D eigenvalue weighted by Gasteiger charge is 2.27. The van der Waals surface area contributed by atoms with Crippen LogP contribution in [0.5, 0.6) is 0 Å². The number of ether oxygens (including phenoxy) is 2. The first-order valence-corrected chi connectivity index (χ1v) is 32.5. The van der Waals surface area contributed by atoms with Crippen LogP contribution >= 0.6 is 7.82 Å². The van der Waals surface area contributed by atoms with Gasteiger partial charge in [0.25, 0.3) is 0 Å². The second kappa shape index (κ2) is 56.6. The van der Waals surface area contributed by atoms with Gasteiger partial charge in [-0.2, -0.15) is 0 Å². The van der Waals surface area contributed by atoms with E-state index < -0.39 is 26.5 Å². The average molecular weight is 1080 g/mol. The molecular formula is C66H117NO8P+. The van der Waals surface area contributed by atoms with Gasteiger partial charge in [-0.3, -0.25) is 18.6 Å². The molecule has 0 rings (SSSR count). The number of nitrogens with zero attached hydrogens (tertiary/aromatic N) is 1. The maximum atomic E-state index is 12.8. The molecule has 1 N–H and O–H groups in total. The van der Waals surface area contributed by atoms with Gasteiger partial charge in [0.15, 0.2) is 6.10 Å². The second-order valence-electron chi connectivity index (χ2n) is 21.7. The van der Waals surface area contributed by atoms with E-state index in [1.54, 1.807) is 0 Å². The number of hydrogen-bond donors (Lipinski definition) is 1. The van der Waals surface area contributed by atoms with Crippen LogP contribution in [0.2, 0.25) is 0 Å². The number of unbranched alkanes of at least 4 members (excludes halogenated alkanes) is 26. The normalized spacial score (nSPS) is 13.9. The number of carbonyl (C=O) groups is 2. The summed E-state index contributed by atoms with van der Waals surface area (Å²) < 4.78 is 34.6. The Morgan fingerprint density at radius 1 is 0.408 bits per heavy atom. The molecule has 0 heterocycles. The predicted molar refractivity (Wildman–Crippen MR) is 325 cm³/mol.